The van der Waals surface area contributed by atoms with E-state index in [1.807, 2.05) is 0 Å². The minimum atomic E-state index is 0.749. The summed E-state index contributed by atoms with van der Waals surface area (Å²) in [4.78, 5) is 4.72. The van der Waals surface area contributed by atoms with E-state index in [1.165, 1.54) is 39.0 Å². The molecule has 0 saturated carbocycles. The van der Waals surface area contributed by atoms with Crippen molar-refractivity contribution < 1.29 is 0 Å². The highest BCUT2D eigenvalue weighted by molar-refractivity contribution is 4.85. The molecule has 94 valence electrons. The first-order valence-electron chi connectivity index (χ1n) is 6.40. The molecule has 4 heteroatoms. The topological polar surface area (TPSA) is 13.0 Å². The van der Waals surface area contributed by atoms with Crippen molar-refractivity contribution in [1.29, 1.82) is 0 Å². The van der Waals surface area contributed by atoms with E-state index in [2.05, 4.69) is 48.0 Å². The third kappa shape index (κ3) is 2.56. The average Bonchev–Trinajstić information content (AvgIpc) is 2.86. The summed E-state index contributed by atoms with van der Waals surface area (Å²) < 4.78 is 0. The van der Waals surface area contributed by atoms with E-state index < -0.39 is 0 Å². The Balaban J connectivity index is 1.82. The number of rotatable bonds is 3. The van der Waals surface area contributed by atoms with Crippen LogP contribution in [0.2, 0.25) is 0 Å². The van der Waals surface area contributed by atoms with Crippen LogP contribution in [0.1, 0.15) is 12.8 Å². The molecule has 0 aliphatic carbocycles. The summed E-state index contributed by atoms with van der Waals surface area (Å²) in [5.41, 5.74) is 0. The third-order valence-corrected chi connectivity index (χ3v) is 4.14. The van der Waals surface area contributed by atoms with Gasteiger partial charge >= 0.3 is 0 Å². The molecule has 2 heterocycles. The van der Waals surface area contributed by atoms with Gasteiger partial charge in [-0.25, -0.2) is 10.0 Å². The zero-order valence-corrected chi connectivity index (χ0v) is 11.2. The van der Waals surface area contributed by atoms with E-state index in [1.54, 1.807) is 0 Å². The van der Waals surface area contributed by atoms with Crippen LogP contribution in [0.4, 0.5) is 0 Å². The number of hydrogen-bond donors (Lipinski definition) is 0. The average molecular weight is 226 g/mol. The molecule has 0 amide bonds. The first kappa shape index (κ1) is 12.3. The van der Waals surface area contributed by atoms with Gasteiger partial charge in [0.25, 0.3) is 0 Å². The van der Waals surface area contributed by atoms with Crippen molar-refractivity contribution in [3.05, 3.63) is 0 Å². The van der Waals surface area contributed by atoms with Crippen LogP contribution in [0.3, 0.4) is 0 Å². The predicted octanol–water partition coefficient (Wildman–Crippen LogP) is 0.173. The zero-order valence-electron chi connectivity index (χ0n) is 11.2. The second-order valence-electron chi connectivity index (χ2n) is 5.64. The molecule has 2 aliphatic heterocycles. The summed E-state index contributed by atoms with van der Waals surface area (Å²) in [5.74, 6) is 0. The molecule has 0 spiro atoms. The fourth-order valence-corrected chi connectivity index (χ4v) is 2.80. The van der Waals surface area contributed by atoms with Crippen molar-refractivity contribution in [2.45, 2.75) is 24.9 Å². The molecule has 0 N–H and O–H groups in total. The van der Waals surface area contributed by atoms with E-state index in [9.17, 15) is 0 Å². The molecular formula is C12H26N4. The van der Waals surface area contributed by atoms with Crippen molar-refractivity contribution >= 4 is 0 Å². The monoisotopic (exact) mass is 226 g/mol. The van der Waals surface area contributed by atoms with Crippen molar-refractivity contribution in [2.75, 3.05) is 54.4 Å². The maximum Gasteiger partial charge on any atom is 0.0290 e. The van der Waals surface area contributed by atoms with Crippen LogP contribution in [-0.2, 0) is 0 Å². The smallest absolute Gasteiger partial charge is 0.0290 e. The van der Waals surface area contributed by atoms with Crippen molar-refractivity contribution in [2.24, 2.45) is 0 Å². The van der Waals surface area contributed by atoms with Gasteiger partial charge in [0, 0.05) is 38.3 Å². The van der Waals surface area contributed by atoms with Crippen molar-refractivity contribution in [3.8, 4) is 0 Å². The van der Waals surface area contributed by atoms with Crippen LogP contribution in [-0.4, -0.2) is 86.3 Å². The van der Waals surface area contributed by atoms with Gasteiger partial charge in [-0.2, -0.15) is 0 Å². The molecule has 0 aromatic carbocycles. The minimum Gasteiger partial charge on any atom is -0.305 e. The van der Waals surface area contributed by atoms with Crippen LogP contribution in [0.25, 0.3) is 0 Å². The number of hydrogen-bond acceptors (Lipinski definition) is 4. The second kappa shape index (κ2) is 5.00. The minimum absolute atomic E-state index is 0.749. The zero-order chi connectivity index (χ0) is 11.7. The fourth-order valence-electron chi connectivity index (χ4n) is 2.80. The number of nitrogens with zero attached hydrogens (tertiary/aromatic N) is 4. The Morgan fingerprint density at radius 2 is 1.12 bits per heavy atom. The van der Waals surface area contributed by atoms with Crippen molar-refractivity contribution in [3.63, 3.8) is 0 Å². The second-order valence-corrected chi connectivity index (χ2v) is 5.64. The van der Waals surface area contributed by atoms with E-state index >= 15 is 0 Å². The highest BCUT2D eigenvalue weighted by atomic mass is 15.6. The largest absolute Gasteiger partial charge is 0.305 e. The number of hydrazine groups is 1. The highest BCUT2D eigenvalue weighted by Crippen LogP contribution is 2.21. The molecule has 1 unspecified atom stereocenters. The van der Waals surface area contributed by atoms with Crippen LogP contribution in [0.5, 0.6) is 0 Å². The third-order valence-electron chi connectivity index (χ3n) is 4.14. The summed E-state index contributed by atoms with van der Waals surface area (Å²) in [5, 5.41) is 5.13. The Morgan fingerprint density at radius 3 is 1.38 bits per heavy atom. The lowest BCUT2D eigenvalue weighted by atomic mass is 10.2. The molecule has 0 aromatic heterocycles. The van der Waals surface area contributed by atoms with Gasteiger partial charge in [0.05, 0.1) is 0 Å². The van der Waals surface area contributed by atoms with Gasteiger partial charge in [0.15, 0.2) is 0 Å². The van der Waals surface area contributed by atoms with Gasteiger partial charge in [0.2, 0.25) is 0 Å². The molecule has 0 radical (unpaired) electrons. The first-order chi connectivity index (χ1) is 7.58. The van der Waals surface area contributed by atoms with Crippen LogP contribution < -0.4 is 0 Å². The van der Waals surface area contributed by atoms with Gasteiger partial charge in [-0.1, -0.05) is 0 Å². The number of likely N-dealkylation sites (N-methyl/N-ethyl adjacent to an activating group) is 2. The quantitative estimate of drug-likeness (QED) is 0.680. The summed E-state index contributed by atoms with van der Waals surface area (Å²) >= 11 is 0. The lowest BCUT2D eigenvalue weighted by molar-refractivity contribution is 0.0105. The van der Waals surface area contributed by atoms with E-state index in [0.29, 0.717) is 0 Å². The van der Waals surface area contributed by atoms with Crippen LogP contribution in [0, 0.1) is 0 Å². The van der Waals surface area contributed by atoms with E-state index in [-0.39, 0.29) is 0 Å². The maximum absolute atomic E-state index is 2.56. The molecular weight excluding hydrogens is 200 g/mol. The van der Waals surface area contributed by atoms with Gasteiger partial charge in [-0.3, -0.25) is 0 Å². The molecule has 2 fully saturated rings. The Bertz CT molecular complexity index is 205. The van der Waals surface area contributed by atoms with Crippen LogP contribution in [0.15, 0.2) is 0 Å². The SMILES string of the molecule is CN(C)C1CCN(N2CC[C@@H](N(C)C)C2)C1. The summed E-state index contributed by atoms with van der Waals surface area (Å²) in [6.45, 7) is 4.91. The lowest BCUT2D eigenvalue weighted by Crippen LogP contribution is -2.43. The van der Waals surface area contributed by atoms with E-state index in [4.69, 9.17) is 0 Å². The fraction of sp³-hybridized carbons (Fsp3) is 1.00. The summed E-state index contributed by atoms with van der Waals surface area (Å²) in [7, 11) is 8.78. The Morgan fingerprint density at radius 1 is 0.750 bits per heavy atom. The molecule has 0 aromatic rings. The first-order valence-corrected chi connectivity index (χ1v) is 6.40. The predicted molar refractivity (Wildman–Crippen MR) is 67.3 cm³/mol. The summed E-state index contributed by atoms with van der Waals surface area (Å²) in [6, 6.07) is 1.50. The lowest BCUT2D eigenvalue weighted by Gasteiger charge is -2.29. The Labute approximate surface area is 99.8 Å². The Hall–Kier alpha value is -0.160. The molecule has 2 rings (SSSR count). The van der Waals surface area contributed by atoms with E-state index in [0.717, 1.165) is 12.1 Å². The van der Waals surface area contributed by atoms with Gasteiger partial charge in [-0.05, 0) is 41.0 Å². The normalized spacial score (nSPS) is 33.4. The molecule has 2 saturated heterocycles. The van der Waals surface area contributed by atoms with Gasteiger partial charge in [0.1, 0.15) is 0 Å². The van der Waals surface area contributed by atoms with Crippen LogP contribution >= 0.6 is 0 Å². The molecule has 16 heavy (non-hydrogen) atoms. The summed E-state index contributed by atoms with van der Waals surface area (Å²) in [6.07, 6.45) is 2.63. The molecule has 0 bridgehead atoms. The maximum atomic E-state index is 2.56. The van der Waals surface area contributed by atoms with Gasteiger partial charge in [-0.15, -0.1) is 0 Å². The molecule has 2 aliphatic rings. The molecule has 2 atom stereocenters. The highest BCUT2D eigenvalue weighted by Gasteiger charge is 2.33. The Kier molecular flexibility index (Phi) is 3.85. The standard InChI is InChI=1S/C12H26N4/c1-13(2)11-5-7-15(9-11)16-8-6-12(10-16)14(3)4/h11-12H,5-10H2,1-4H3/t11-,12?/m1/s1. The van der Waals surface area contributed by atoms with Gasteiger partial charge < -0.3 is 9.80 Å². The molecule has 4 nitrogen and oxygen atoms in total. The van der Waals surface area contributed by atoms with Crippen molar-refractivity contribution in [1.82, 2.24) is 19.8 Å².